The Morgan fingerprint density at radius 2 is 2.39 bits per heavy atom. The summed E-state index contributed by atoms with van der Waals surface area (Å²) in [5, 5.41) is 16.6. The molecule has 0 radical (unpaired) electrons. The van der Waals surface area contributed by atoms with E-state index in [9.17, 15) is 4.79 Å². The van der Waals surface area contributed by atoms with Gasteiger partial charge in [-0.1, -0.05) is 5.21 Å². The minimum atomic E-state index is -1.06. The molecule has 1 aliphatic rings. The van der Waals surface area contributed by atoms with Crippen molar-refractivity contribution < 1.29 is 14.6 Å². The molecule has 1 aliphatic heterocycles. The monoisotopic (exact) mass is 254 g/mol. The fraction of sp³-hybridized carbons (Fsp3) is 0.727. The largest absolute Gasteiger partial charge is 0.476 e. The van der Waals surface area contributed by atoms with Crippen LogP contribution >= 0.6 is 0 Å². The van der Waals surface area contributed by atoms with Crippen molar-refractivity contribution in [1.82, 2.24) is 15.0 Å². The number of nitrogens with two attached hydrogens (primary N) is 1. The van der Waals surface area contributed by atoms with Crippen LogP contribution in [0.2, 0.25) is 0 Å². The maximum atomic E-state index is 11.0. The Balaban J connectivity index is 2.13. The summed E-state index contributed by atoms with van der Waals surface area (Å²) in [5.41, 5.74) is 6.08. The predicted molar refractivity (Wildman–Crippen MR) is 63.3 cm³/mol. The molecule has 7 heteroatoms. The number of carboxylic acids is 1. The molecule has 7 nitrogen and oxygen atoms in total. The van der Waals surface area contributed by atoms with Crippen LogP contribution in [0.4, 0.5) is 0 Å². The first-order chi connectivity index (χ1) is 8.72. The minimum Gasteiger partial charge on any atom is -0.476 e. The van der Waals surface area contributed by atoms with Crippen LogP contribution in [0.15, 0.2) is 0 Å². The SMILES string of the molecule is NCCc1c(C(=O)O)nnn1CC1CCCCO1. The molecule has 1 aromatic rings. The van der Waals surface area contributed by atoms with Crippen LogP contribution in [0.1, 0.15) is 35.4 Å². The average Bonchev–Trinajstić information content (AvgIpc) is 2.74. The van der Waals surface area contributed by atoms with Crippen molar-refractivity contribution in [3.05, 3.63) is 11.4 Å². The van der Waals surface area contributed by atoms with E-state index in [0.717, 1.165) is 25.9 Å². The first kappa shape index (κ1) is 13.0. The molecule has 100 valence electrons. The van der Waals surface area contributed by atoms with Gasteiger partial charge in [0.15, 0.2) is 5.69 Å². The number of hydrogen-bond donors (Lipinski definition) is 2. The number of aromatic nitrogens is 3. The summed E-state index contributed by atoms with van der Waals surface area (Å²) in [6, 6.07) is 0. The predicted octanol–water partition coefficient (Wildman–Crippen LogP) is 0.0466. The standard InChI is InChI=1S/C11H18N4O3/c12-5-4-9-10(11(16)17)13-14-15(9)7-8-3-1-2-6-18-8/h8H,1-7,12H2,(H,16,17). The van der Waals surface area contributed by atoms with Crippen LogP contribution in [0.5, 0.6) is 0 Å². The van der Waals surface area contributed by atoms with Crippen LogP contribution in [-0.4, -0.2) is 45.3 Å². The summed E-state index contributed by atoms with van der Waals surface area (Å²) in [7, 11) is 0. The molecule has 2 heterocycles. The minimum absolute atomic E-state index is 0.00346. The van der Waals surface area contributed by atoms with Gasteiger partial charge in [-0.3, -0.25) is 0 Å². The van der Waals surface area contributed by atoms with Crippen LogP contribution < -0.4 is 5.73 Å². The zero-order valence-corrected chi connectivity index (χ0v) is 10.2. The van der Waals surface area contributed by atoms with E-state index in [4.69, 9.17) is 15.6 Å². The van der Waals surface area contributed by atoms with E-state index in [-0.39, 0.29) is 11.8 Å². The summed E-state index contributed by atoms with van der Waals surface area (Å²) < 4.78 is 7.23. The molecule has 0 spiro atoms. The first-order valence-electron chi connectivity index (χ1n) is 6.19. The molecule has 0 aliphatic carbocycles. The Bertz CT molecular complexity index is 412. The van der Waals surface area contributed by atoms with E-state index < -0.39 is 5.97 Å². The third-order valence-electron chi connectivity index (χ3n) is 3.07. The number of nitrogens with zero attached hydrogens (tertiary/aromatic N) is 3. The lowest BCUT2D eigenvalue weighted by atomic mass is 10.1. The summed E-state index contributed by atoms with van der Waals surface area (Å²) in [4.78, 5) is 11.0. The molecular weight excluding hydrogens is 236 g/mol. The van der Waals surface area contributed by atoms with Gasteiger partial charge in [0.25, 0.3) is 0 Å². The van der Waals surface area contributed by atoms with Crippen molar-refractivity contribution in [3.8, 4) is 0 Å². The quantitative estimate of drug-likeness (QED) is 0.769. The van der Waals surface area contributed by atoms with Gasteiger partial charge in [0.2, 0.25) is 0 Å². The lowest BCUT2D eigenvalue weighted by molar-refractivity contribution is 0.00321. The van der Waals surface area contributed by atoms with Crippen molar-refractivity contribution in [1.29, 1.82) is 0 Å². The van der Waals surface area contributed by atoms with E-state index in [1.807, 2.05) is 0 Å². The molecule has 3 N–H and O–H groups in total. The summed E-state index contributed by atoms with van der Waals surface area (Å²) in [6.07, 6.45) is 3.76. The molecule has 1 fully saturated rings. The lowest BCUT2D eigenvalue weighted by Gasteiger charge is -2.22. The Morgan fingerprint density at radius 1 is 1.56 bits per heavy atom. The van der Waals surface area contributed by atoms with Gasteiger partial charge in [-0.25, -0.2) is 9.48 Å². The number of aromatic carboxylic acids is 1. The molecule has 0 bridgehead atoms. The molecule has 0 aromatic carbocycles. The van der Waals surface area contributed by atoms with Crippen molar-refractivity contribution >= 4 is 5.97 Å². The Labute approximate surface area is 105 Å². The molecule has 1 saturated heterocycles. The van der Waals surface area contributed by atoms with Gasteiger partial charge >= 0.3 is 5.97 Å². The van der Waals surface area contributed by atoms with Crippen LogP contribution in [0, 0.1) is 0 Å². The Morgan fingerprint density at radius 3 is 3.00 bits per heavy atom. The highest BCUT2D eigenvalue weighted by Gasteiger charge is 2.21. The highest BCUT2D eigenvalue weighted by Crippen LogP contribution is 2.16. The number of ether oxygens (including phenoxy) is 1. The third-order valence-corrected chi connectivity index (χ3v) is 3.07. The van der Waals surface area contributed by atoms with Gasteiger partial charge in [-0.05, 0) is 25.8 Å². The van der Waals surface area contributed by atoms with Crippen molar-refractivity contribution in [2.24, 2.45) is 5.73 Å². The number of rotatable bonds is 5. The highest BCUT2D eigenvalue weighted by molar-refractivity contribution is 5.86. The maximum Gasteiger partial charge on any atom is 0.358 e. The molecule has 0 amide bonds. The van der Waals surface area contributed by atoms with Gasteiger partial charge < -0.3 is 15.6 Å². The fourth-order valence-electron chi connectivity index (χ4n) is 2.17. The number of hydrogen-bond acceptors (Lipinski definition) is 5. The zero-order chi connectivity index (χ0) is 13.0. The molecule has 1 unspecified atom stereocenters. The second-order valence-corrected chi connectivity index (χ2v) is 4.40. The topological polar surface area (TPSA) is 103 Å². The molecular formula is C11H18N4O3. The van der Waals surface area contributed by atoms with Crippen molar-refractivity contribution in [3.63, 3.8) is 0 Å². The molecule has 18 heavy (non-hydrogen) atoms. The summed E-state index contributed by atoms with van der Waals surface area (Å²) in [6.45, 7) is 1.69. The van der Waals surface area contributed by atoms with Gasteiger partial charge in [0.05, 0.1) is 18.3 Å². The Kier molecular flexibility index (Phi) is 4.27. The number of carbonyl (C=O) groups is 1. The normalized spacial score (nSPS) is 19.9. The highest BCUT2D eigenvalue weighted by atomic mass is 16.5. The molecule has 1 atom stereocenters. The summed E-state index contributed by atoms with van der Waals surface area (Å²) in [5.74, 6) is -1.06. The van der Waals surface area contributed by atoms with E-state index in [1.54, 1.807) is 4.68 Å². The second kappa shape index (κ2) is 5.92. The average molecular weight is 254 g/mol. The van der Waals surface area contributed by atoms with Gasteiger partial charge in [-0.15, -0.1) is 5.10 Å². The van der Waals surface area contributed by atoms with Crippen molar-refractivity contribution in [2.45, 2.75) is 38.3 Å². The van der Waals surface area contributed by atoms with Crippen LogP contribution in [0.25, 0.3) is 0 Å². The number of carboxylic acid groups (broad SMARTS) is 1. The third kappa shape index (κ3) is 2.85. The van der Waals surface area contributed by atoms with Crippen LogP contribution in [-0.2, 0) is 17.7 Å². The Hall–Kier alpha value is -1.47. The van der Waals surface area contributed by atoms with E-state index >= 15 is 0 Å². The maximum absolute atomic E-state index is 11.0. The molecule has 1 aromatic heterocycles. The smallest absolute Gasteiger partial charge is 0.358 e. The van der Waals surface area contributed by atoms with E-state index in [1.165, 1.54) is 0 Å². The molecule has 0 saturated carbocycles. The first-order valence-corrected chi connectivity index (χ1v) is 6.19. The second-order valence-electron chi connectivity index (χ2n) is 4.40. The lowest BCUT2D eigenvalue weighted by Crippen LogP contribution is -2.26. The van der Waals surface area contributed by atoms with E-state index in [0.29, 0.717) is 25.2 Å². The van der Waals surface area contributed by atoms with Gasteiger partial charge in [-0.2, -0.15) is 0 Å². The van der Waals surface area contributed by atoms with Gasteiger partial charge in [0.1, 0.15) is 0 Å². The van der Waals surface area contributed by atoms with Gasteiger partial charge in [0, 0.05) is 13.0 Å². The summed E-state index contributed by atoms with van der Waals surface area (Å²) >= 11 is 0. The van der Waals surface area contributed by atoms with Crippen LogP contribution in [0.3, 0.4) is 0 Å². The zero-order valence-electron chi connectivity index (χ0n) is 10.2. The fourth-order valence-corrected chi connectivity index (χ4v) is 2.17. The van der Waals surface area contributed by atoms with E-state index in [2.05, 4.69) is 10.3 Å². The van der Waals surface area contributed by atoms with Crippen molar-refractivity contribution in [2.75, 3.05) is 13.2 Å². The molecule has 2 rings (SSSR count).